The van der Waals surface area contributed by atoms with Crippen molar-refractivity contribution in [1.29, 1.82) is 0 Å². The number of rotatable bonds is 3. The van der Waals surface area contributed by atoms with Crippen LogP contribution in [0.25, 0.3) is 0 Å². The molecule has 0 aliphatic carbocycles. The molecule has 0 saturated carbocycles. The topological polar surface area (TPSA) is 32.8 Å². The summed E-state index contributed by atoms with van der Waals surface area (Å²) in [6.45, 7) is 6.16. The summed E-state index contributed by atoms with van der Waals surface area (Å²) in [5, 5.41) is 10.2. The highest BCUT2D eigenvalue weighted by molar-refractivity contribution is 5.20. The Morgan fingerprint density at radius 2 is 1.87 bits per heavy atom. The maximum atomic E-state index is 10.2. The standard InChI is InChI=1S/C13H18O2/c1-9(13(3)10(2)15-13)12(14)11-7-5-4-6-8-11/h4-10,12,14H,1-3H3/t9-,10+,12-,13+/m0/s1. The molecule has 0 unspecified atom stereocenters. The lowest BCUT2D eigenvalue weighted by Gasteiger charge is -2.23. The van der Waals surface area contributed by atoms with Gasteiger partial charge in [0, 0.05) is 5.92 Å². The van der Waals surface area contributed by atoms with Gasteiger partial charge in [-0.25, -0.2) is 0 Å². The van der Waals surface area contributed by atoms with Gasteiger partial charge in [0.05, 0.1) is 17.8 Å². The molecular weight excluding hydrogens is 188 g/mol. The highest BCUT2D eigenvalue weighted by atomic mass is 16.6. The van der Waals surface area contributed by atoms with Crippen LogP contribution in [0.4, 0.5) is 0 Å². The zero-order valence-corrected chi connectivity index (χ0v) is 9.47. The van der Waals surface area contributed by atoms with Gasteiger partial charge >= 0.3 is 0 Å². The number of hydrogen-bond acceptors (Lipinski definition) is 2. The number of hydrogen-bond donors (Lipinski definition) is 1. The third kappa shape index (κ3) is 1.80. The Balaban J connectivity index is 2.12. The van der Waals surface area contributed by atoms with Crippen LogP contribution in [-0.4, -0.2) is 16.8 Å². The number of epoxide rings is 1. The molecule has 1 aliphatic heterocycles. The van der Waals surface area contributed by atoms with Gasteiger partial charge < -0.3 is 9.84 Å². The Bertz CT molecular complexity index is 336. The second-order valence-corrected chi connectivity index (χ2v) is 4.59. The molecule has 82 valence electrons. The minimum Gasteiger partial charge on any atom is -0.388 e. The van der Waals surface area contributed by atoms with E-state index in [1.54, 1.807) is 0 Å². The van der Waals surface area contributed by atoms with Crippen LogP contribution in [0.1, 0.15) is 32.4 Å². The lowest BCUT2D eigenvalue weighted by Crippen LogP contribution is -2.26. The molecule has 1 aromatic rings. The van der Waals surface area contributed by atoms with Crippen LogP contribution in [0, 0.1) is 5.92 Å². The molecule has 1 aromatic carbocycles. The maximum absolute atomic E-state index is 10.2. The van der Waals surface area contributed by atoms with Gasteiger partial charge in [-0.2, -0.15) is 0 Å². The van der Waals surface area contributed by atoms with Crippen molar-refractivity contribution in [2.24, 2.45) is 5.92 Å². The van der Waals surface area contributed by atoms with Crippen LogP contribution >= 0.6 is 0 Å². The van der Waals surface area contributed by atoms with Crippen molar-refractivity contribution in [3.05, 3.63) is 35.9 Å². The molecule has 0 spiro atoms. The van der Waals surface area contributed by atoms with Gasteiger partial charge in [0.25, 0.3) is 0 Å². The second kappa shape index (κ2) is 3.62. The van der Waals surface area contributed by atoms with E-state index in [2.05, 4.69) is 6.92 Å². The van der Waals surface area contributed by atoms with Crippen LogP contribution in [0.15, 0.2) is 30.3 Å². The summed E-state index contributed by atoms with van der Waals surface area (Å²) in [4.78, 5) is 0. The Kier molecular flexibility index (Phi) is 2.57. The van der Waals surface area contributed by atoms with E-state index in [4.69, 9.17) is 4.74 Å². The van der Waals surface area contributed by atoms with Crippen molar-refractivity contribution >= 4 is 0 Å². The van der Waals surface area contributed by atoms with Gasteiger partial charge in [-0.1, -0.05) is 37.3 Å². The van der Waals surface area contributed by atoms with Crippen molar-refractivity contribution in [1.82, 2.24) is 0 Å². The summed E-state index contributed by atoms with van der Waals surface area (Å²) < 4.78 is 5.55. The average molecular weight is 206 g/mol. The van der Waals surface area contributed by atoms with E-state index in [9.17, 15) is 5.11 Å². The normalized spacial score (nSPS) is 33.5. The fourth-order valence-corrected chi connectivity index (χ4v) is 2.08. The molecule has 2 heteroatoms. The molecule has 1 heterocycles. The first-order valence-corrected chi connectivity index (χ1v) is 5.46. The monoisotopic (exact) mass is 206 g/mol. The molecule has 0 radical (unpaired) electrons. The molecule has 2 nitrogen and oxygen atoms in total. The molecule has 1 N–H and O–H groups in total. The zero-order chi connectivity index (χ0) is 11.1. The summed E-state index contributed by atoms with van der Waals surface area (Å²) >= 11 is 0. The van der Waals surface area contributed by atoms with E-state index in [-0.39, 0.29) is 17.6 Å². The molecule has 2 rings (SSSR count). The second-order valence-electron chi connectivity index (χ2n) is 4.59. The summed E-state index contributed by atoms with van der Waals surface area (Å²) in [6, 6.07) is 9.77. The molecule has 1 saturated heterocycles. The van der Waals surface area contributed by atoms with Crippen LogP contribution in [-0.2, 0) is 4.74 Å². The van der Waals surface area contributed by atoms with Gasteiger partial charge in [-0.05, 0) is 19.4 Å². The smallest absolute Gasteiger partial charge is 0.0970 e. The quantitative estimate of drug-likeness (QED) is 0.771. The first-order valence-electron chi connectivity index (χ1n) is 5.46. The average Bonchev–Trinajstić information content (AvgIpc) is 2.87. The van der Waals surface area contributed by atoms with E-state index in [1.807, 2.05) is 44.2 Å². The van der Waals surface area contributed by atoms with E-state index >= 15 is 0 Å². The molecule has 0 amide bonds. The van der Waals surface area contributed by atoms with Crippen LogP contribution in [0.5, 0.6) is 0 Å². The first kappa shape index (κ1) is 10.7. The van der Waals surface area contributed by atoms with Gasteiger partial charge in [0.15, 0.2) is 0 Å². The summed E-state index contributed by atoms with van der Waals surface area (Å²) in [5.41, 5.74) is 0.809. The highest BCUT2D eigenvalue weighted by Crippen LogP contribution is 2.46. The van der Waals surface area contributed by atoms with E-state index < -0.39 is 6.10 Å². The molecule has 15 heavy (non-hydrogen) atoms. The summed E-state index contributed by atoms with van der Waals surface area (Å²) in [6.07, 6.45) is -0.188. The molecular formula is C13H18O2. The third-order valence-corrected chi connectivity index (χ3v) is 3.70. The van der Waals surface area contributed by atoms with Gasteiger partial charge in [0.2, 0.25) is 0 Å². The highest BCUT2D eigenvalue weighted by Gasteiger charge is 2.54. The Labute approximate surface area is 90.9 Å². The van der Waals surface area contributed by atoms with Crippen molar-refractivity contribution in [2.45, 2.75) is 38.6 Å². The Morgan fingerprint density at radius 1 is 1.33 bits per heavy atom. The Hall–Kier alpha value is -0.860. The largest absolute Gasteiger partial charge is 0.388 e. The fraction of sp³-hybridized carbons (Fsp3) is 0.538. The van der Waals surface area contributed by atoms with E-state index in [1.165, 1.54) is 0 Å². The Morgan fingerprint density at radius 3 is 2.33 bits per heavy atom. The van der Waals surface area contributed by atoms with Crippen molar-refractivity contribution in [3.63, 3.8) is 0 Å². The predicted molar refractivity (Wildman–Crippen MR) is 59.5 cm³/mol. The van der Waals surface area contributed by atoms with Gasteiger partial charge in [-0.3, -0.25) is 0 Å². The number of aliphatic hydroxyl groups is 1. The van der Waals surface area contributed by atoms with Crippen molar-refractivity contribution in [2.75, 3.05) is 0 Å². The van der Waals surface area contributed by atoms with E-state index in [0.29, 0.717) is 0 Å². The first-order chi connectivity index (χ1) is 7.05. The van der Waals surface area contributed by atoms with Crippen molar-refractivity contribution in [3.8, 4) is 0 Å². The fourth-order valence-electron chi connectivity index (χ4n) is 2.08. The predicted octanol–water partition coefficient (Wildman–Crippen LogP) is 2.53. The van der Waals surface area contributed by atoms with Crippen LogP contribution < -0.4 is 0 Å². The number of aliphatic hydroxyl groups excluding tert-OH is 1. The van der Waals surface area contributed by atoms with Crippen LogP contribution in [0.2, 0.25) is 0 Å². The molecule has 0 bridgehead atoms. The summed E-state index contributed by atoms with van der Waals surface area (Å²) in [7, 11) is 0. The minimum absolute atomic E-state index is 0.120. The van der Waals surface area contributed by atoms with Gasteiger partial charge in [-0.15, -0.1) is 0 Å². The van der Waals surface area contributed by atoms with E-state index in [0.717, 1.165) is 5.56 Å². The SMILES string of the molecule is C[C@H]1O[C@]1(C)[C@@H](C)[C@H](O)c1ccccc1. The van der Waals surface area contributed by atoms with Crippen LogP contribution in [0.3, 0.4) is 0 Å². The van der Waals surface area contributed by atoms with Gasteiger partial charge in [0.1, 0.15) is 0 Å². The summed E-state index contributed by atoms with van der Waals surface area (Å²) in [5.74, 6) is 0.120. The lowest BCUT2D eigenvalue weighted by atomic mass is 9.85. The van der Waals surface area contributed by atoms with Crippen molar-refractivity contribution < 1.29 is 9.84 Å². The minimum atomic E-state index is -0.443. The maximum Gasteiger partial charge on any atom is 0.0970 e. The third-order valence-electron chi connectivity index (χ3n) is 3.70. The number of benzene rings is 1. The lowest BCUT2D eigenvalue weighted by molar-refractivity contribution is 0.0692. The molecule has 1 aliphatic rings. The molecule has 0 aromatic heterocycles. The number of ether oxygens (including phenoxy) is 1. The molecule has 1 fully saturated rings. The zero-order valence-electron chi connectivity index (χ0n) is 9.47. The molecule has 4 atom stereocenters.